The van der Waals surface area contributed by atoms with E-state index in [0.29, 0.717) is 17.9 Å². The molecule has 1 aliphatic heterocycles. The molecule has 1 aliphatic rings. The second kappa shape index (κ2) is 6.46. The molecular formula is C17H20F3N3O3. The fourth-order valence-electron chi connectivity index (χ4n) is 2.67. The fourth-order valence-corrected chi connectivity index (χ4v) is 2.67. The first kappa shape index (κ1) is 18.5. The van der Waals surface area contributed by atoms with Crippen LogP contribution in [0.5, 0.6) is 0 Å². The highest BCUT2D eigenvalue weighted by Crippen LogP contribution is 2.32. The molecule has 0 spiro atoms. The summed E-state index contributed by atoms with van der Waals surface area (Å²) in [5.41, 5.74) is -0.683. The Morgan fingerprint density at radius 1 is 1.35 bits per heavy atom. The van der Waals surface area contributed by atoms with Crippen LogP contribution >= 0.6 is 0 Å². The minimum Gasteiger partial charge on any atom is -0.444 e. The lowest BCUT2D eigenvalue weighted by atomic mass is 10.2. The van der Waals surface area contributed by atoms with Crippen molar-refractivity contribution in [2.24, 2.45) is 0 Å². The number of morpholine rings is 1. The lowest BCUT2D eigenvalue weighted by Gasteiger charge is -2.33. The van der Waals surface area contributed by atoms with Crippen molar-refractivity contribution in [1.82, 2.24) is 14.9 Å². The zero-order valence-corrected chi connectivity index (χ0v) is 14.7. The van der Waals surface area contributed by atoms with Crippen molar-refractivity contribution in [1.29, 1.82) is 0 Å². The summed E-state index contributed by atoms with van der Waals surface area (Å²) >= 11 is 0. The Kier molecular flexibility index (Phi) is 4.60. The Hall–Kier alpha value is -2.29. The van der Waals surface area contributed by atoms with Crippen LogP contribution in [0.1, 0.15) is 38.3 Å². The van der Waals surface area contributed by atoms with Gasteiger partial charge in [0.15, 0.2) is 0 Å². The maximum atomic E-state index is 12.8. The molecule has 1 N–H and O–H groups in total. The molecule has 0 radical (unpaired) electrons. The van der Waals surface area contributed by atoms with Crippen LogP contribution in [-0.2, 0) is 15.7 Å². The topological polar surface area (TPSA) is 67.4 Å². The van der Waals surface area contributed by atoms with Gasteiger partial charge in [-0.3, -0.25) is 0 Å². The SMILES string of the molecule is CC(C)(C)OC(=O)N1CCOC(c2nc3ccc(C(F)(F)F)cc3[nH]2)C1. The number of ether oxygens (including phenoxy) is 2. The summed E-state index contributed by atoms with van der Waals surface area (Å²) in [6.45, 7) is 6.21. The number of imidazole rings is 1. The van der Waals surface area contributed by atoms with Crippen molar-refractivity contribution in [2.75, 3.05) is 19.7 Å². The molecule has 1 saturated heterocycles. The van der Waals surface area contributed by atoms with Crippen LogP contribution in [0.3, 0.4) is 0 Å². The third kappa shape index (κ3) is 4.09. The average molecular weight is 371 g/mol. The normalized spacial score (nSPS) is 19.0. The molecule has 1 amide bonds. The van der Waals surface area contributed by atoms with Gasteiger partial charge in [-0.2, -0.15) is 13.2 Å². The zero-order valence-electron chi connectivity index (χ0n) is 14.7. The van der Waals surface area contributed by atoms with Gasteiger partial charge in [0.2, 0.25) is 0 Å². The van der Waals surface area contributed by atoms with E-state index in [9.17, 15) is 18.0 Å². The lowest BCUT2D eigenvalue weighted by Crippen LogP contribution is -2.44. The molecule has 0 bridgehead atoms. The predicted octanol–water partition coefficient (Wildman–Crippen LogP) is 3.89. The molecule has 2 aromatic rings. The number of halogens is 3. The number of carbonyl (C=O) groups excluding carboxylic acids is 1. The smallest absolute Gasteiger partial charge is 0.416 e. The number of nitrogens with zero attached hydrogens (tertiary/aromatic N) is 2. The zero-order chi connectivity index (χ0) is 19.1. The van der Waals surface area contributed by atoms with E-state index in [4.69, 9.17) is 9.47 Å². The maximum absolute atomic E-state index is 12.8. The fraction of sp³-hybridized carbons (Fsp3) is 0.529. The van der Waals surface area contributed by atoms with Gasteiger partial charge in [0, 0.05) is 6.54 Å². The number of aromatic amines is 1. The number of fused-ring (bicyclic) bond motifs is 1. The Bertz CT molecular complexity index is 811. The number of hydrogen-bond acceptors (Lipinski definition) is 4. The minimum absolute atomic E-state index is 0.209. The van der Waals surface area contributed by atoms with Gasteiger partial charge in [-0.1, -0.05) is 0 Å². The molecule has 0 aliphatic carbocycles. The second-order valence-electron chi connectivity index (χ2n) is 7.14. The summed E-state index contributed by atoms with van der Waals surface area (Å²) in [6.07, 6.45) is -5.44. The van der Waals surface area contributed by atoms with E-state index in [1.54, 1.807) is 20.8 Å². The third-order valence-electron chi connectivity index (χ3n) is 3.85. The summed E-state index contributed by atoms with van der Waals surface area (Å²) in [5.74, 6) is 0.382. The number of amides is 1. The third-order valence-corrected chi connectivity index (χ3v) is 3.85. The van der Waals surface area contributed by atoms with Crippen molar-refractivity contribution in [2.45, 2.75) is 38.7 Å². The quantitative estimate of drug-likeness (QED) is 0.826. The molecule has 1 fully saturated rings. The summed E-state index contributed by atoms with van der Waals surface area (Å²) in [6, 6.07) is 3.31. The Morgan fingerprint density at radius 2 is 2.08 bits per heavy atom. The number of nitrogens with one attached hydrogen (secondary N) is 1. The van der Waals surface area contributed by atoms with Crippen LogP contribution in [0.15, 0.2) is 18.2 Å². The molecular weight excluding hydrogens is 351 g/mol. The highest BCUT2D eigenvalue weighted by molar-refractivity contribution is 5.76. The average Bonchev–Trinajstić information content (AvgIpc) is 2.95. The Morgan fingerprint density at radius 3 is 2.73 bits per heavy atom. The van der Waals surface area contributed by atoms with Crippen LogP contribution < -0.4 is 0 Å². The van der Waals surface area contributed by atoms with E-state index in [1.165, 1.54) is 11.0 Å². The van der Waals surface area contributed by atoms with Gasteiger partial charge in [-0.25, -0.2) is 9.78 Å². The van der Waals surface area contributed by atoms with Gasteiger partial charge < -0.3 is 19.4 Å². The van der Waals surface area contributed by atoms with Gasteiger partial charge in [0.1, 0.15) is 17.5 Å². The van der Waals surface area contributed by atoms with E-state index >= 15 is 0 Å². The number of benzene rings is 1. The predicted molar refractivity (Wildman–Crippen MR) is 87.6 cm³/mol. The summed E-state index contributed by atoms with van der Waals surface area (Å²) < 4.78 is 49.5. The van der Waals surface area contributed by atoms with Crippen molar-refractivity contribution in [3.63, 3.8) is 0 Å². The van der Waals surface area contributed by atoms with E-state index < -0.39 is 29.5 Å². The second-order valence-corrected chi connectivity index (χ2v) is 7.14. The van der Waals surface area contributed by atoms with E-state index in [2.05, 4.69) is 9.97 Å². The minimum atomic E-state index is -4.42. The summed E-state index contributed by atoms with van der Waals surface area (Å²) in [7, 11) is 0. The number of carbonyl (C=O) groups is 1. The first-order valence-corrected chi connectivity index (χ1v) is 8.19. The molecule has 142 valence electrons. The number of hydrogen-bond donors (Lipinski definition) is 1. The molecule has 3 rings (SSSR count). The molecule has 9 heteroatoms. The van der Waals surface area contributed by atoms with Crippen molar-refractivity contribution in [3.05, 3.63) is 29.6 Å². The van der Waals surface area contributed by atoms with Crippen molar-refractivity contribution < 1.29 is 27.4 Å². The van der Waals surface area contributed by atoms with Crippen LogP contribution in [0.25, 0.3) is 11.0 Å². The van der Waals surface area contributed by atoms with Gasteiger partial charge in [0.05, 0.1) is 29.7 Å². The highest BCUT2D eigenvalue weighted by atomic mass is 19.4. The summed E-state index contributed by atoms with van der Waals surface area (Å²) in [4.78, 5) is 20.9. The highest BCUT2D eigenvalue weighted by Gasteiger charge is 2.32. The van der Waals surface area contributed by atoms with Crippen molar-refractivity contribution >= 4 is 17.1 Å². The van der Waals surface area contributed by atoms with Gasteiger partial charge >= 0.3 is 12.3 Å². The number of rotatable bonds is 1. The molecule has 0 saturated carbocycles. The Labute approximate surface area is 148 Å². The molecule has 1 aromatic carbocycles. The monoisotopic (exact) mass is 371 g/mol. The molecule has 1 atom stereocenters. The first-order chi connectivity index (χ1) is 12.0. The van der Waals surface area contributed by atoms with Crippen molar-refractivity contribution in [3.8, 4) is 0 Å². The van der Waals surface area contributed by atoms with Crippen LogP contribution in [0.2, 0.25) is 0 Å². The first-order valence-electron chi connectivity index (χ1n) is 8.19. The van der Waals surface area contributed by atoms with E-state index in [1.807, 2.05) is 0 Å². The number of aromatic nitrogens is 2. The van der Waals surface area contributed by atoms with E-state index in [-0.39, 0.29) is 18.7 Å². The van der Waals surface area contributed by atoms with Crippen LogP contribution in [0, 0.1) is 0 Å². The van der Waals surface area contributed by atoms with Gasteiger partial charge in [-0.15, -0.1) is 0 Å². The largest absolute Gasteiger partial charge is 0.444 e. The molecule has 2 heterocycles. The molecule has 1 aromatic heterocycles. The van der Waals surface area contributed by atoms with Crippen LogP contribution in [-0.4, -0.2) is 46.3 Å². The van der Waals surface area contributed by atoms with Crippen LogP contribution in [0.4, 0.5) is 18.0 Å². The molecule has 1 unspecified atom stereocenters. The number of alkyl halides is 3. The van der Waals surface area contributed by atoms with E-state index in [0.717, 1.165) is 12.1 Å². The Balaban J connectivity index is 1.79. The molecule has 26 heavy (non-hydrogen) atoms. The van der Waals surface area contributed by atoms with Gasteiger partial charge in [-0.05, 0) is 39.0 Å². The standard InChI is InChI=1S/C17H20F3N3O3/c1-16(2,3)26-15(24)23-6-7-25-13(9-23)14-21-11-5-4-10(17(18,19)20)8-12(11)22-14/h4-5,8,13H,6-7,9H2,1-3H3,(H,21,22). The lowest BCUT2D eigenvalue weighted by molar-refractivity contribution is -0.137. The number of H-pyrrole nitrogens is 1. The van der Waals surface area contributed by atoms with Gasteiger partial charge in [0.25, 0.3) is 0 Å². The summed E-state index contributed by atoms with van der Waals surface area (Å²) in [5, 5.41) is 0. The molecule has 6 nitrogen and oxygen atoms in total. The maximum Gasteiger partial charge on any atom is 0.416 e.